The van der Waals surface area contributed by atoms with Crippen molar-refractivity contribution in [1.29, 1.82) is 0 Å². The summed E-state index contributed by atoms with van der Waals surface area (Å²) in [5.41, 5.74) is 0. The number of halogens is 2. The van der Waals surface area contributed by atoms with E-state index in [1.54, 1.807) is 0 Å². The Hall–Kier alpha value is -0.970. The number of nitrogens with zero attached hydrogens (tertiary/aromatic N) is 2. The van der Waals surface area contributed by atoms with Crippen molar-refractivity contribution < 1.29 is 8.78 Å². The van der Waals surface area contributed by atoms with Gasteiger partial charge in [0.1, 0.15) is 5.82 Å². The Labute approximate surface area is 107 Å². The maximum Gasteiger partial charge on any atom is 0.319 e. The maximum absolute atomic E-state index is 12.6. The second-order valence-corrected chi connectivity index (χ2v) is 5.04. The van der Waals surface area contributed by atoms with E-state index in [9.17, 15) is 8.78 Å². The van der Waals surface area contributed by atoms with Gasteiger partial charge >= 0.3 is 6.55 Å². The number of imidazole rings is 1. The van der Waals surface area contributed by atoms with Crippen LogP contribution >= 0.6 is 0 Å². The standard InChI is InChI=1S/C13H21F2N3/c1-2-10-3-5-11(6-4-10)17-9-12-16-7-8-18(12)13(14)15/h7-8,10-11,13,17H,2-6,9H2,1H3. The third kappa shape index (κ3) is 3.28. The molecule has 102 valence electrons. The molecule has 0 bridgehead atoms. The molecule has 1 aromatic heterocycles. The van der Waals surface area contributed by atoms with E-state index in [1.807, 2.05) is 0 Å². The third-order valence-corrected chi connectivity index (χ3v) is 3.93. The largest absolute Gasteiger partial charge is 0.319 e. The fourth-order valence-electron chi connectivity index (χ4n) is 2.67. The Kier molecular flexibility index (Phi) is 4.69. The molecule has 1 fully saturated rings. The average Bonchev–Trinajstić information content (AvgIpc) is 2.85. The molecule has 18 heavy (non-hydrogen) atoms. The zero-order valence-corrected chi connectivity index (χ0v) is 10.8. The lowest BCUT2D eigenvalue weighted by atomic mass is 9.84. The van der Waals surface area contributed by atoms with Gasteiger partial charge in [0.15, 0.2) is 0 Å². The van der Waals surface area contributed by atoms with Crippen molar-refractivity contribution in [1.82, 2.24) is 14.9 Å². The summed E-state index contributed by atoms with van der Waals surface area (Å²) < 4.78 is 26.2. The number of hydrogen-bond donors (Lipinski definition) is 1. The number of alkyl halides is 2. The van der Waals surface area contributed by atoms with E-state index in [2.05, 4.69) is 17.2 Å². The van der Waals surface area contributed by atoms with Gasteiger partial charge < -0.3 is 5.32 Å². The van der Waals surface area contributed by atoms with Crippen molar-refractivity contribution in [2.45, 2.75) is 58.2 Å². The summed E-state index contributed by atoms with van der Waals surface area (Å²) >= 11 is 0. The fourth-order valence-corrected chi connectivity index (χ4v) is 2.67. The molecule has 0 spiro atoms. The van der Waals surface area contributed by atoms with Gasteiger partial charge in [-0.3, -0.25) is 4.57 Å². The molecule has 1 aliphatic rings. The average molecular weight is 257 g/mol. The second kappa shape index (κ2) is 6.27. The topological polar surface area (TPSA) is 29.9 Å². The van der Waals surface area contributed by atoms with Crippen molar-refractivity contribution in [3.63, 3.8) is 0 Å². The lowest BCUT2D eigenvalue weighted by Gasteiger charge is -2.28. The first kappa shape index (κ1) is 13.5. The van der Waals surface area contributed by atoms with Crippen LogP contribution in [0.4, 0.5) is 8.78 Å². The number of rotatable bonds is 5. The summed E-state index contributed by atoms with van der Waals surface area (Å²) in [7, 11) is 0. The molecule has 1 heterocycles. The summed E-state index contributed by atoms with van der Waals surface area (Å²) in [4.78, 5) is 3.97. The van der Waals surface area contributed by atoms with E-state index >= 15 is 0 Å². The van der Waals surface area contributed by atoms with Gasteiger partial charge in [-0.05, 0) is 31.6 Å². The highest BCUT2D eigenvalue weighted by Gasteiger charge is 2.20. The summed E-state index contributed by atoms with van der Waals surface area (Å²) in [5, 5.41) is 3.35. The SMILES string of the molecule is CCC1CCC(NCc2nccn2C(F)F)CC1. The minimum absolute atomic E-state index is 0.419. The second-order valence-electron chi connectivity index (χ2n) is 5.04. The molecular weight excluding hydrogens is 236 g/mol. The first-order chi connectivity index (χ1) is 8.70. The number of hydrogen-bond acceptors (Lipinski definition) is 2. The van der Waals surface area contributed by atoms with E-state index in [1.165, 1.54) is 31.7 Å². The maximum atomic E-state index is 12.6. The molecule has 0 aromatic carbocycles. The monoisotopic (exact) mass is 257 g/mol. The zero-order chi connectivity index (χ0) is 13.0. The Bertz CT molecular complexity index is 357. The molecule has 1 N–H and O–H groups in total. The molecule has 1 aromatic rings. The molecule has 1 aliphatic carbocycles. The first-order valence-electron chi connectivity index (χ1n) is 6.74. The summed E-state index contributed by atoms with van der Waals surface area (Å²) in [6.07, 6.45) is 8.80. The molecule has 1 saturated carbocycles. The molecule has 0 aliphatic heterocycles. The van der Waals surface area contributed by atoms with Crippen LogP contribution in [0.15, 0.2) is 12.4 Å². The fraction of sp³-hybridized carbons (Fsp3) is 0.769. The lowest BCUT2D eigenvalue weighted by molar-refractivity contribution is 0.0663. The smallest absolute Gasteiger partial charge is 0.307 e. The normalized spacial score (nSPS) is 24.7. The van der Waals surface area contributed by atoms with E-state index < -0.39 is 6.55 Å². The highest BCUT2D eigenvalue weighted by Crippen LogP contribution is 2.26. The van der Waals surface area contributed by atoms with Gasteiger partial charge in [0.05, 0.1) is 6.54 Å². The van der Waals surface area contributed by atoms with Crippen LogP contribution < -0.4 is 5.32 Å². The molecule has 0 unspecified atom stereocenters. The predicted molar refractivity (Wildman–Crippen MR) is 66.4 cm³/mol. The Balaban J connectivity index is 1.80. The molecule has 0 atom stereocenters. The summed E-state index contributed by atoms with van der Waals surface area (Å²) in [5.74, 6) is 1.27. The Morgan fingerprint density at radius 3 is 2.72 bits per heavy atom. The van der Waals surface area contributed by atoms with Crippen LogP contribution in [0.25, 0.3) is 0 Å². The molecule has 5 heteroatoms. The van der Waals surface area contributed by atoms with Crippen molar-refractivity contribution in [2.75, 3.05) is 0 Å². The quantitative estimate of drug-likeness (QED) is 0.876. The van der Waals surface area contributed by atoms with Crippen molar-refractivity contribution >= 4 is 0 Å². The number of aromatic nitrogens is 2. The van der Waals surface area contributed by atoms with Crippen molar-refractivity contribution in [3.8, 4) is 0 Å². The van der Waals surface area contributed by atoms with Crippen LogP contribution in [0.5, 0.6) is 0 Å². The molecule has 0 radical (unpaired) electrons. The molecular formula is C13H21F2N3. The molecule has 0 amide bonds. The van der Waals surface area contributed by atoms with Gasteiger partial charge in [0, 0.05) is 18.4 Å². The highest BCUT2D eigenvalue weighted by molar-refractivity contribution is 4.93. The minimum Gasteiger partial charge on any atom is -0.307 e. The number of nitrogens with one attached hydrogen (secondary N) is 1. The lowest BCUT2D eigenvalue weighted by Crippen LogP contribution is -2.33. The van der Waals surface area contributed by atoms with Gasteiger partial charge in [-0.25, -0.2) is 4.98 Å². The van der Waals surface area contributed by atoms with Gasteiger partial charge in [-0.1, -0.05) is 13.3 Å². The molecule has 0 saturated heterocycles. The van der Waals surface area contributed by atoms with Crippen LogP contribution in [-0.2, 0) is 6.54 Å². The van der Waals surface area contributed by atoms with E-state index in [0.717, 1.165) is 23.3 Å². The summed E-state index contributed by atoms with van der Waals surface area (Å²) in [6, 6.07) is 0.454. The Morgan fingerprint density at radius 2 is 2.11 bits per heavy atom. The first-order valence-corrected chi connectivity index (χ1v) is 6.74. The van der Waals surface area contributed by atoms with Crippen molar-refractivity contribution in [3.05, 3.63) is 18.2 Å². The summed E-state index contributed by atoms with van der Waals surface area (Å²) in [6.45, 7) is 0.163. The van der Waals surface area contributed by atoms with Crippen molar-refractivity contribution in [2.24, 2.45) is 5.92 Å². The van der Waals surface area contributed by atoms with Gasteiger partial charge in [-0.2, -0.15) is 8.78 Å². The van der Waals surface area contributed by atoms with Crippen LogP contribution in [0.1, 0.15) is 51.4 Å². The Morgan fingerprint density at radius 1 is 1.39 bits per heavy atom. The highest BCUT2D eigenvalue weighted by atomic mass is 19.3. The minimum atomic E-state index is -2.50. The van der Waals surface area contributed by atoms with Crippen LogP contribution in [0, 0.1) is 5.92 Å². The predicted octanol–water partition coefficient (Wildman–Crippen LogP) is 3.34. The molecule has 3 nitrogen and oxygen atoms in total. The van der Waals surface area contributed by atoms with Crippen LogP contribution in [0.3, 0.4) is 0 Å². The van der Waals surface area contributed by atoms with E-state index in [4.69, 9.17) is 0 Å². The van der Waals surface area contributed by atoms with Gasteiger partial charge in [0.25, 0.3) is 0 Å². The van der Waals surface area contributed by atoms with Crippen LogP contribution in [0.2, 0.25) is 0 Å². The zero-order valence-electron chi connectivity index (χ0n) is 10.8. The third-order valence-electron chi connectivity index (χ3n) is 3.93. The van der Waals surface area contributed by atoms with E-state index in [0.29, 0.717) is 18.4 Å². The van der Waals surface area contributed by atoms with Gasteiger partial charge in [-0.15, -0.1) is 0 Å². The van der Waals surface area contributed by atoms with Gasteiger partial charge in [0.2, 0.25) is 0 Å². The van der Waals surface area contributed by atoms with E-state index in [-0.39, 0.29) is 0 Å². The molecule has 2 rings (SSSR count). The van der Waals surface area contributed by atoms with Crippen LogP contribution in [-0.4, -0.2) is 15.6 Å².